The first-order chi connectivity index (χ1) is 10.2. The number of carbonyl (C=O) groups excluding carboxylic acids is 1. The molecule has 0 bridgehead atoms. The molecule has 0 fully saturated rings. The summed E-state index contributed by atoms with van der Waals surface area (Å²) in [4.78, 5) is 11.3. The summed E-state index contributed by atoms with van der Waals surface area (Å²) < 4.78 is 10.3. The number of benzene rings is 1. The molecule has 0 saturated heterocycles. The predicted molar refractivity (Wildman–Crippen MR) is 80.9 cm³/mol. The Balaban J connectivity index is 2.16. The minimum Gasteiger partial charge on any atom is -0.493 e. The van der Waals surface area contributed by atoms with Crippen molar-refractivity contribution in [2.45, 2.75) is 5.38 Å². The first-order valence-electron chi connectivity index (χ1n) is 5.95. The predicted octanol–water partition coefficient (Wildman–Crippen LogP) is 1.20. The van der Waals surface area contributed by atoms with Crippen LogP contribution in [0.3, 0.4) is 0 Å². The molecule has 0 aromatic heterocycles. The molecule has 0 spiro atoms. The molecule has 1 heterocycles. The van der Waals surface area contributed by atoms with Crippen LogP contribution in [0.2, 0.25) is 0 Å². The summed E-state index contributed by atoms with van der Waals surface area (Å²) in [6.45, 7) is 0. The lowest BCUT2D eigenvalue weighted by molar-refractivity contribution is -0.119. The highest BCUT2D eigenvalue weighted by Gasteiger charge is 2.23. The maximum Gasteiger partial charge on any atom is 0.264 e. The first-order valence-corrected chi connectivity index (χ1v) is 6.39. The second-order valence-corrected chi connectivity index (χ2v) is 4.42. The summed E-state index contributed by atoms with van der Waals surface area (Å²) in [7, 11) is 3.11. The van der Waals surface area contributed by atoms with Gasteiger partial charge in [-0.25, -0.2) is 5.43 Å². The topological polar surface area (TPSA) is 84.6 Å². The van der Waals surface area contributed by atoms with Crippen molar-refractivity contribution < 1.29 is 14.3 Å². The normalized spacial score (nSPS) is 19.9. The van der Waals surface area contributed by atoms with Crippen LogP contribution in [-0.2, 0) is 4.79 Å². The summed E-state index contributed by atoms with van der Waals surface area (Å²) in [5, 5.41) is 10.5. The van der Waals surface area contributed by atoms with Crippen LogP contribution >= 0.6 is 11.6 Å². The Morgan fingerprint density at radius 1 is 1.33 bits per heavy atom. The van der Waals surface area contributed by atoms with Crippen LogP contribution < -0.4 is 14.9 Å². The van der Waals surface area contributed by atoms with Crippen molar-refractivity contribution >= 4 is 35.6 Å². The summed E-state index contributed by atoms with van der Waals surface area (Å²) in [6.07, 6.45) is 2.87. The van der Waals surface area contributed by atoms with Crippen LogP contribution in [0.1, 0.15) is 5.56 Å². The molecule has 1 aliphatic heterocycles. The molecule has 1 unspecified atom stereocenters. The van der Waals surface area contributed by atoms with Crippen molar-refractivity contribution in [3.05, 3.63) is 23.8 Å². The Hall–Kier alpha value is -2.41. The highest BCUT2D eigenvalue weighted by molar-refractivity contribution is 6.54. The molecule has 1 aliphatic rings. The minimum absolute atomic E-state index is 0.275. The van der Waals surface area contributed by atoms with Gasteiger partial charge in [0, 0.05) is 0 Å². The molecule has 0 saturated carbocycles. The number of nitrogens with zero attached hydrogens (tertiary/aromatic N) is 3. The third-order valence-corrected chi connectivity index (χ3v) is 3.07. The van der Waals surface area contributed by atoms with Gasteiger partial charge in [0.15, 0.2) is 16.9 Å². The molecule has 1 amide bonds. The third-order valence-electron chi connectivity index (χ3n) is 2.65. The number of ether oxygens (including phenoxy) is 2. The maximum absolute atomic E-state index is 11.3. The number of methoxy groups -OCH3 is 2. The lowest BCUT2D eigenvalue weighted by atomic mass is 10.2. The summed E-state index contributed by atoms with van der Waals surface area (Å²) in [5.41, 5.74) is 3.27. The first kappa shape index (κ1) is 15.0. The molecule has 1 atom stereocenters. The molecular weight excluding hydrogens is 296 g/mol. The van der Waals surface area contributed by atoms with Crippen LogP contribution in [0.25, 0.3) is 0 Å². The Kier molecular flexibility index (Phi) is 4.89. The van der Waals surface area contributed by atoms with E-state index in [2.05, 4.69) is 20.7 Å². The van der Waals surface area contributed by atoms with Crippen LogP contribution in [0.15, 0.2) is 33.5 Å². The van der Waals surface area contributed by atoms with E-state index >= 15 is 0 Å². The molecular formula is C13H13ClN4O3. The smallest absolute Gasteiger partial charge is 0.264 e. The number of rotatable bonds is 4. The number of halogens is 1. The van der Waals surface area contributed by atoms with Crippen molar-refractivity contribution in [3.8, 4) is 11.5 Å². The SMILES string of the molecule is COc1ccc(/C=N\N=C2C=NNC(=O)C2Cl)cc1OC. The van der Waals surface area contributed by atoms with Crippen LogP contribution in [0.5, 0.6) is 11.5 Å². The maximum atomic E-state index is 11.3. The van der Waals surface area contributed by atoms with Crippen LogP contribution in [0.4, 0.5) is 0 Å². The number of hydrogen-bond acceptors (Lipinski definition) is 6. The van der Waals surface area contributed by atoms with Crippen molar-refractivity contribution in [3.63, 3.8) is 0 Å². The van der Waals surface area contributed by atoms with Gasteiger partial charge in [0.1, 0.15) is 5.71 Å². The van der Waals surface area contributed by atoms with Crippen LogP contribution in [0, 0.1) is 0 Å². The van der Waals surface area contributed by atoms with Gasteiger partial charge in [0.2, 0.25) is 0 Å². The second kappa shape index (κ2) is 6.85. The number of hydrazone groups is 1. The van der Waals surface area contributed by atoms with Gasteiger partial charge in [-0.2, -0.15) is 15.3 Å². The number of amides is 1. The fraction of sp³-hybridized carbons (Fsp3) is 0.231. The van der Waals surface area contributed by atoms with E-state index in [1.807, 2.05) is 0 Å². The highest BCUT2D eigenvalue weighted by atomic mass is 35.5. The van der Waals surface area contributed by atoms with E-state index in [4.69, 9.17) is 21.1 Å². The number of carbonyl (C=O) groups is 1. The Bertz CT molecular complexity index is 628. The fourth-order valence-corrected chi connectivity index (χ4v) is 1.74. The van der Waals surface area contributed by atoms with Gasteiger partial charge in [0.05, 0.1) is 26.6 Å². The van der Waals surface area contributed by atoms with Gasteiger partial charge >= 0.3 is 0 Å². The Morgan fingerprint density at radius 2 is 2.10 bits per heavy atom. The molecule has 8 heteroatoms. The lowest BCUT2D eigenvalue weighted by Gasteiger charge is -2.10. The zero-order valence-electron chi connectivity index (χ0n) is 11.4. The molecule has 0 radical (unpaired) electrons. The van der Waals surface area contributed by atoms with E-state index in [0.717, 1.165) is 5.56 Å². The van der Waals surface area contributed by atoms with Gasteiger partial charge < -0.3 is 9.47 Å². The number of alkyl halides is 1. The zero-order chi connectivity index (χ0) is 15.2. The minimum atomic E-state index is -0.898. The van der Waals surface area contributed by atoms with Gasteiger partial charge in [0.25, 0.3) is 5.91 Å². The molecule has 1 N–H and O–H groups in total. The molecule has 0 aliphatic carbocycles. The van der Waals surface area contributed by atoms with E-state index in [-0.39, 0.29) is 5.71 Å². The Morgan fingerprint density at radius 3 is 2.81 bits per heavy atom. The second-order valence-electron chi connectivity index (χ2n) is 3.98. The summed E-state index contributed by atoms with van der Waals surface area (Å²) >= 11 is 5.86. The van der Waals surface area contributed by atoms with Gasteiger partial charge in [-0.15, -0.1) is 11.6 Å². The summed E-state index contributed by atoms with van der Waals surface area (Å²) in [6, 6.07) is 5.31. The van der Waals surface area contributed by atoms with Crippen molar-refractivity contribution in [2.24, 2.45) is 15.3 Å². The standard InChI is InChI=1S/C13H13ClN4O3/c1-20-10-4-3-8(5-11(10)21-2)6-15-17-9-7-16-18-13(19)12(9)14/h3-7,12H,1-2H3,(H,18,19)/b15-6-,17-9?. The van der Waals surface area contributed by atoms with E-state index in [1.165, 1.54) is 12.4 Å². The number of hydrogen-bond donors (Lipinski definition) is 1. The lowest BCUT2D eigenvalue weighted by Crippen LogP contribution is -2.38. The van der Waals surface area contributed by atoms with Gasteiger partial charge in [-0.05, 0) is 23.8 Å². The molecule has 7 nitrogen and oxygen atoms in total. The van der Waals surface area contributed by atoms with E-state index in [1.54, 1.807) is 32.4 Å². The van der Waals surface area contributed by atoms with E-state index in [0.29, 0.717) is 11.5 Å². The quantitative estimate of drug-likeness (QED) is 0.515. The van der Waals surface area contributed by atoms with Gasteiger partial charge in [-0.1, -0.05) is 0 Å². The third kappa shape index (κ3) is 3.57. The van der Waals surface area contributed by atoms with Crippen LogP contribution in [-0.4, -0.2) is 43.6 Å². The average molecular weight is 309 g/mol. The molecule has 1 aromatic carbocycles. The molecule has 110 valence electrons. The molecule has 1 aromatic rings. The fourth-order valence-electron chi connectivity index (χ4n) is 1.59. The van der Waals surface area contributed by atoms with Crippen molar-refractivity contribution in [1.29, 1.82) is 0 Å². The van der Waals surface area contributed by atoms with Crippen molar-refractivity contribution in [2.75, 3.05) is 14.2 Å². The Labute approximate surface area is 126 Å². The zero-order valence-corrected chi connectivity index (χ0v) is 12.2. The van der Waals surface area contributed by atoms with E-state index < -0.39 is 11.3 Å². The summed E-state index contributed by atoms with van der Waals surface area (Å²) in [5.74, 6) is 0.778. The largest absolute Gasteiger partial charge is 0.493 e. The number of nitrogens with one attached hydrogen (secondary N) is 1. The monoisotopic (exact) mass is 308 g/mol. The highest BCUT2D eigenvalue weighted by Crippen LogP contribution is 2.26. The van der Waals surface area contributed by atoms with E-state index in [9.17, 15) is 4.79 Å². The van der Waals surface area contributed by atoms with Gasteiger partial charge in [-0.3, -0.25) is 4.79 Å². The molecule has 21 heavy (non-hydrogen) atoms. The molecule has 2 rings (SSSR count). The average Bonchev–Trinajstić information content (AvgIpc) is 2.51. The van der Waals surface area contributed by atoms with Crippen molar-refractivity contribution in [1.82, 2.24) is 5.43 Å².